The van der Waals surface area contributed by atoms with E-state index in [1.165, 1.54) is 0 Å². The van der Waals surface area contributed by atoms with Crippen molar-refractivity contribution in [3.8, 4) is 0 Å². The van der Waals surface area contributed by atoms with Crippen molar-refractivity contribution >= 4 is 0 Å². The molecular weight excluding hydrogens is 124 g/mol. The third-order valence-corrected chi connectivity index (χ3v) is 1.16. The third kappa shape index (κ3) is 4.19. The summed E-state index contributed by atoms with van der Waals surface area (Å²) in [7, 11) is 1.70. The van der Waals surface area contributed by atoms with E-state index in [2.05, 4.69) is 26.0 Å². The molecule has 0 aliphatic carbocycles. The third-order valence-electron chi connectivity index (χ3n) is 1.16. The van der Waals surface area contributed by atoms with Crippen LogP contribution >= 0.6 is 0 Å². The first kappa shape index (κ1) is 9.28. The molecule has 0 bridgehead atoms. The Morgan fingerprint density at radius 3 is 2.40 bits per heavy atom. The fourth-order valence-electron chi connectivity index (χ4n) is 0.655. The zero-order valence-electron chi connectivity index (χ0n) is 7.05. The largest absolute Gasteiger partial charge is 0.497 e. The monoisotopic (exact) mass is 140 g/mol. The highest BCUT2D eigenvalue weighted by atomic mass is 16.5. The van der Waals surface area contributed by atoms with Crippen LogP contribution in [-0.2, 0) is 4.74 Å². The molecule has 0 N–H and O–H groups in total. The molecule has 1 heteroatoms. The topological polar surface area (TPSA) is 9.23 Å². The van der Waals surface area contributed by atoms with Gasteiger partial charge >= 0.3 is 0 Å². The molecule has 0 aliphatic heterocycles. The van der Waals surface area contributed by atoms with Gasteiger partial charge in [0.1, 0.15) is 5.76 Å². The van der Waals surface area contributed by atoms with E-state index in [9.17, 15) is 0 Å². The Bertz CT molecular complexity index is 123. The molecule has 0 aromatic carbocycles. The maximum atomic E-state index is 5.07. The molecule has 0 saturated heterocycles. The van der Waals surface area contributed by atoms with E-state index in [0.717, 1.165) is 18.6 Å². The Labute approximate surface area is 63.4 Å². The Hall–Kier alpha value is -0.720. The van der Waals surface area contributed by atoms with E-state index in [-0.39, 0.29) is 0 Å². The van der Waals surface area contributed by atoms with Gasteiger partial charge in [0.2, 0.25) is 0 Å². The van der Waals surface area contributed by atoms with Crippen LogP contribution in [0.2, 0.25) is 0 Å². The molecule has 0 fully saturated rings. The van der Waals surface area contributed by atoms with Crippen LogP contribution in [0.15, 0.2) is 24.0 Å². The molecule has 1 nitrogen and oxygen atoms in total. The molecule has 0 heterocycles. The second kappa shape index (κ2) is 6.40. The van der Waals surface area contributed by atoms with Crippen molar-refractivity contribution in [1.82, 2.24) is 0 Å². The van der Waals surface area contributed by atoms with E-state index in [0.29, 0.717) is 0 Å². The zero-order valence-corrected chi connectivity index (χ0v) is 7.05. The lowest BCUT2D eigenvalue weighted by atomic mass is 10.3. The Balaban J connectivity index is 3.82. The van der Waals surface area contributed by atoms with Gasteiger partial charge in [-0.2, -0.15) is 0 Å². The summed E-state index contributed by atoms with van der Waals surface area (Å²) in [5, 5.41) is 0. The number of rotatable bonds is 4. The minimum atomic E-state index is 0.962. The molecule has 0 aromatic heterocycles. The molecule has 0 unspecified atom stereocenters. The van der Waals surface area contributed by atoms with Gasteiger partial charge in [-0.05, 0) is 25.0 Å². The maximum Gasteiger partial charge on any atom is 0.114 e. The second-order valence-electron chi connectivity index (χ2n) is 2.03. The standard InChI is InChI=1S/C9H16O/c1-4-6-8-9(10-3)7-5-2/h6-8H,4-5H2,1-3H3/b8-6-,9-7+. The molecule has 0 atom stereocenters. The summed E-state index contributed by atoms with van der Waals surface area (Å²) in [4.78, 5) is 0. The van der Waals surface area contributed by atoms with Crippen molar-refractivity contribution in [2.24, 2.45) is 0 Å². The quantitative estimate of drug-likeness (QED) is 0.431. The minimum absolute atomic E-state index is 0.962. The van der Waals surface area contributed by atoms with Crippen molar-refractivity contribution in [1.29, 1.82) is 0 Å². The first-order chi connectivity index (χ1) is 4.85. The lowest BCUT2D eigenvalue weighted by Crippen LogP contribution is -1.80. The van der Waals surface area contributed by atoms with Gasteiger partial charge in [0.05, 0.1) is 7.11 Å². The zero-order chi connectivity index (χ0) is 7.82. The Kier molecular flexibility index (Phi) is 5.94. The van der Waals surface area contributed by atoms with Crippen molar-refractivity contribution < 1.29 is 4.74 Å². The molecule has 58 valence electrons. The summed E-state index contributed by atoms with van der Waals surface area (Å²) < 4.78 is 5.07. The normalized spacial score (nSPS) is 12.5. The lowest BCUT2D eigenvalue weighted by molar-refractivity contribution is 0.305. The molecule has 0 rings (SSSR count). The summed E-state index contributed by atoms with van der Waals surface area (Å²) in [6.45, 7) is 4.20. The first-order valence-electron chi connectivity index (χ1n) is 3.75. The van der Waals surface area contributed by atoms with Crippen LogP contribution in [-0.4, -0.2) is 7.11 Å². The predicted molar refractivity (Wildman–Crippen MR) is 44.8 cm³/mol. The van der Waals surface area contributed by atoms with Crippen LogP contribution in [0.1, 0.15) is 26.7 Å². The SMILES string of the molecule is CC/C=C\C(=C/CC)OC. The van der Waals surface area contributed by atoms with Gasteiger partial charge in [0.25, 0.3) is 0 Å². The molecule has 0 radical (unpaired) electrons. The average molecular weight is 140 g/mol. The van der Waals surface area contributed by atoms with Crippen molar-refractivity contribution in [3.05, 3.63) is 24.0 Å². The fraction of sp³-hybridized carbons (Fsp3) is 0.556. The molecular formula is C9H16O. The van der Waals surface area contributed by atoms with Gasteiger partial charge in [-0.1, -0.05) is 19.9 Å². The van der Waals surface area contributed by atoms with Crippen LogP contribution in [0.4, 0.5) is 0 Å². The molecule has 0 amide bonds. The summed E-state index contributed by atoms with van der Waals surface area (Å²) in [6, 6.07) is 0. The first-order valence-corrected chi connectivity index (χ1v) is 3.75. The van der Waals surface area contributed by atoms with Crippen LogP contribution in [0, 0.1) is 0 Å². The van der Waals surface area contributed by atoms with Crippen molar-refractivity contribution in [3.63, 3.8) is 0 Å². The molecule has 0 aromatic rings. The van der Waals surface area contributed by atoms with Crippen LogP contribution in [0.3, 0.4) is 0 Å². The maximum absolute atomic E-state index is 5.07. The highest BCUT2D eigenvalue weighted by Gasteiger charge is 1.84. The van der Waals surface area contributed by atoms with E-state index in [4.69, 9.17) is 4.74 Å². The number of allylic oxidation sites excluding steroid dienone is 3. The van der Waals surface area contributed by atoms with E-state index >= 15 is 0 Å². The number of hydrogen-bond acceptors (Lipinski definition) is 1. The average Bonchev–Trinajstić information content (AvgIpc) is 1.98. The van der Waals surface area contributed by atoms with E-state index in [1.54, 1.807) is 7.11 Å². The van der Waals surface area contributed by atoms with Crippen LogP contribution in [0.5, 0.6) is 0 Å². The Morgan fingerprint density at radius 2 is 2.00 bits per heavy atom. The summed E-state index contributed by atoms with van der Waals surface area (Å²) in [5.41, 5.74) is 0. The van der Waals surface area contributed by atoms with Crippen LogP contribution < -0.4 is 0 Å². The number of methoxy groups -OCH3 is 1. The summed E-state index contributed by atoms with van der Waals surface area (Å²) >= 11 is 0. The number of ether oxygens (including phenoxy) is 1. The van der Waals surface area contributed by atoms with Gasteiger partial charge in [-0.15, -0.1) is 0 Å². The van der Waals surface area contributed by atoms with E-state index < -0.39 is 0 Å². The van der Waals surface area contributed by atoms with Gasteiger partial charge in [0.15, 0.2) is 0 Å². The fourth-order valence-corrected chi connectivity index (χ4v) is 0.655. The van der Waals surface area contributed by atoms with Crippen molar-refractivity contribution in [2.45, 2.75) is 26.7 Å². The second-order valence-corrected chi connectivity index (χ2v) is 2.03. The van der Waals surface area contributed by atoms with Crippen LogP contribution in [0.25, 0.3) is 0 Å². The van der Waals surface area contributed by atoms with Gasteiger partial charge in [0, 0.05) is 0 Å². The number of hydrogen-bond donors (Lipinski definition) is 0. The molecule has 0 saturated carbocycles. The Morgan fingerprint density at radius 1 is 1.30 bits per heavy atom. The molecule has 0 aliphatic rings. The molecule has 10 heavy (non-hydrogen) atoms. The van der Waals surface area contributed by atoms with Gasteiger partial charge in [-0.3, -0.25) is 0 Å². The minimum Gasteiger partial charge on any atom is -0.497 e. The van der Waals surface area contributed by atoms with Gasteiger partial charge in [-0.25, -0.2) is 0 Å². The summed E-state index contributed by atoms with van der Waals surface area (Å²) in [5.74, 6) is 0.962. The lowest BCUT2D eigenvalue weighted by Gasteiger charge is -1.97. The van der Waals surface area contributed by atoms with Gasteiger partial charge < -0.3 is 4.74 Å². The van der Waals surface area contributed by atoms with E-state index in [1.807, 2.05) is 6.08 Å². The smallest absolute Gasteiger partial charge is 0.114 e. The predicted octanol–water partition coefficient (Wildman–Crippen LogP) is 2.89. The molecule has 0 spiro atoms. The van der Waals surface area contributed by atoms with Crippen molar-refractivity contribution in [2.75, 3.05) is 7.11 Å². The summed E-state index contributed by atoms with van der Waals surface area (Å²) in [6.07, 6.45) is 8.24. The highest BCUT2D eigenvalue weighted by Crippen LogP contribution is 1.99. The highest BCUT2D eigenvalue weighted by molar-refractivity contribution is 5.11.